The van der Waals surface area contributed by atoms with Crippen LogP contribution in [0.3, 0.4) is 0 Å². The van der Waals surface area contributed by atoms with Crippen LogP contribution >= 0.6 is 27.5 Å². The van der Waals surface area contributed by atoms with Crippen LogP contribution < -0.4 is 14.2 Å². The smallest absolute Gasteiger partial charge is 0.161 e. The molecular weight excluding hydrogens is 356 g/mol. The Hall–Kier alpha value is -1.39. The lowest BCUT2D eigenvalue weighted by atomic mass is 10.0. The number of methoxy groups -OCH3 is 1. The first-order chi connectivity index (χ1) is 10.2. The van der Waals surface area contributed by atoms with Gasteiger partial charge in [0.15, 0.2) is 11.5 Å². The van der Waals surface area contributed by atoms with Crippen LogP contribution in [0.2, 0.25) is 0 Å². The molecule has 5 heteroatoms. The molecule has 1 aliphatic rings. The maximum absolute atomic E-state index is 6.63. The first-order valence-corrected chi connectivity index (χ1v) is 7.79. The molecule has 0 radical (unpaired) electrons. The quantitative estimate of drug-likeness (QED) is 0.743. The fourth-order valence-corrected chi connectivity index (χ4v) is 2.99. The van der Waals surface area contributed by atoms with Crippen LogP contribution in [-0.4, -0.2) is 20.3 Å². The number of fused-ring (bicyclic) bond motifs is 1. The van der Waals surface area contributed by atoms with Gasteiger partial charge >= 0.3 is 0 Å². The zero-order valence-corrected chi connectivity index (χ0v) is 13.8. The standard InChI is InChI=1S/C16H14BrClO3/c1-19-13-5-3-11(17)9-12(13)16(18)10-2-4-14-15(8-10)21-7-6-20-14/h2-5,8-9,16H,6-7H2,1H3. The summed E-state index contributed by atoms with van der Waals surface area (Å²) >= 11 is 10.1. The first kappa shape index (κ1) is 14.5. The van der Waals surface area contributed by atoms with Crippen molar-refractivity contribution in [3.63, 3.8) is 0 Å². The second-order valence-electron chi connectivity index (χ2n) is 4.65. The third-order valence-electron chi connectivity index (χ3n) is 3.32. The zero-order valence-electron chi connectivity index (χ0n) is 11.4. The van der Waals surface area contributed by atoms with Crippen LogP contribution in [-0.2, 0) is 0 Å². The molecular formula is C16H14BrClO3. The minimum Gasteiger partial charge on any atom is -0.496 e. The van der Waals surface area contributed by atoms with Crippen LogP contribution in [0.1, 0.15) is 16.5 Å². The van der Waals surface area contributed by atoms with E-state index in [-0.39, 0.29) is 5.38 Å². The summed E-state index contributed by atoms with van der Waals surface area (Å²) in [6.07, 6.45) is 0. The Morgan fingerprint density at radius 3 is 2.62 bits per heavy atom. The van der Waals surface area contributed by atoms with Gasteiger partial charge in [0, 0.05) is 10.0 Å². The van der Waals surface area contributed by atoms with Crippen LogP contribution in [0.5, 0.6) is 17.2 Å². The van der Waals surface area contributed by atoms with Crippen molar-refractivity contribution in [1.82, 2.24) is 0 Å². The summed E-state index contributed by atoms with van der Waals surface area (Å²) in [6, 6.07) is 11.6. The number of ether oxygens (including phenoxy) is 3. The van der Waals surface area contributed by atoms with Gasteiger partial charge in [-0.25, -0.2) is 0 Å². The first-order valence-electron chi connectivity index (χ1n) is 6.56. The summed E-state index contributed by atoms with van der Waals surface area (Å²) in [7, 11) is 1.64. The summed E-state index contributed by atoms with van der Waals surface area (Å²) in [6.45, 7) is 1.14. The fourth-order valence-electron chi connectivity index (χ4n) is 2.30. The molecule has 0 saturated carbocycles. The van der Waals surface area contributed by atoms with Gasteiger partial charge in [-0.15, -0.1) is 11.6 Å². The van der Waals surface area contributed by atoms with Crippen LogP contribution in [0, 0.1) is 0 Å². The minimum absolute atomic E-state index is 0.326. The Kier molecular flexibility index (Phi) is 4.27. The molecule has 2 aromatic carbocycles. The molecule has 0 N–H and O–H groups in total. The van der Waals surface area contributed by atoms with Gasteiger partial charge in [0.1, 0.15) is 19.0 Å². The van der Waals surface area contributed by atoms with Crippen LogP contribution in [0.4, 0.5) is 0 Å². The number of hydrogen-bond acceptors (Lipinski definition) is 3. The highest BCUT2D eigenvalue weighted by Crippen LogP contribution is 2.40. The number of rotatable bonds is 3. The molecule has 3 rings (SSSR count). The van der Waals surface area contributed by atoms with Gasteiger partial charge in [-0.1, -0.05) is 22.0 Å². The van der Waals surface area contributed by atoms with Gasteiger partial charge in [0.2, 0.25) is 0 Å². The minimum atomic E-state index is -0.326. The van der Waals surface area contributed by atoms with Crippen molar-refractivity contribution in [3.05, 3.63) is 52.0 Å². The van der Waals surface area contributed by atoms with Gasteiger partial charge in [0.05, 0.1) is 12.5 Å². The topological polar surface area (TPSA) is 27.7 Å². The Labute approximate surface area is 136 Å². The number of benzene rings is 2. The van der Waals surface area contributed by atoms with E-state index < -0.39 is 0 Å². The SMILES string of the molecule is COc1ccc(Br)cc1C(Cl)c1ccc2c(c1)OCCO2. The van der Waals surface area contributed by atoms with Gasteiger partial charge in [-0.2, -0.15) is 0 Å². The summed E-state index contributed by atoms with van der Waals surface area (Å²) < 4.78 is 17.5. The Balaban J connectivity index is 1.98. The largest absolute Gasteiger partial charge is 0.496 e. The van der Waals surface area contributed by atoms with Gasteiger partial charge < -0.3 is 14.2 Å². The molecule has 2 aromatic rings. The highest BCUT2D eigenvalue weighted by Gasteiger charge is 2.19. The van der Waals surface area contributed by atoms with Gasteiger partial charge in [-0.05, 0) is 35.9 Å². The van der Waals surface area contributed by atoms with Crippen molar-refractivity contribution in [3.8, 4) is 17.2 Å². The summed E-state index contributed by atoms with van der Waals surface area (Å²) in [5, 5.41) is -0.326. The molecule has 1 heterocycles. The van der Waals surface area contributed by atoms with Crippen molar-refractivity contribution in [2.75, 3.05) is 20.3 Å². The van der Waals surface area contributed by atoms with E-state index in [0.717, 1.165) is 32.8 Å². The number of hydrogen-bond donors (Lipinski definition) is 0. The number of halogens is 2. The average molecular weight is 370 g/mol. The molecule has 1 atom stereocenters. The molecule has 0 saturated heterocycles. The molecule has 0 aliphatic carbocycles. The molecule has 0 bridgehead atoms. The summed E-state index contributed by atoms with van der Waals surface area (Å²) in [5.41, 5.74) is 1.85. The van der Waals surface area contributed by atoms with E-state index in [1.54, 1.807) is 7.11 Å². The van der Waals surface area contributed by atoms with Crippen molar-refractivity contribution in [1.29, 1.82) is 0 Å². The van der Waals surface area contributed by atoms with Crippen molar-refractivity contribution in [2.24, 2.45) is 0 Å². The second kappa shape index (κ2) is 6.16. The second-order valence-corrected chi connectivity index (χ2v) is 6.00. The molecule has 0 amide bonds. The number of alkyl halides is 1. The average Bonchev–Trinajstić information content (AvgIpc) is 2.53. The van der Waals surface area contributed by atoms with Crippen molar-refractivity contribution in [2.45, 2.75) is 5.38 Å². The maximum Gasteiger partial charge on any atom is 0.161 e. The molecule has 0 aromatic heterocycles. The van der Waals surface area contributed by atoms with Gasteiger partial charge in [0.25, 0.3) is 0 Å². The van der Waals surface area contributed by atoms with Gasteiger partial charge in [-0.3, -0.25) is 0 Å². The van der Waals surface area contributed by atoms with E-state index in [1.165, 1.54) is 0 Å². The van der Waals surface area contributed by atoms with E-state index in [1.807, 2.05) is 36.4 Å². The monoisotopic (exact) mass is 368 g/mol. The van der Waals surface area contributed by atoms with Crippen molar-refractivity contribution >= 4 is 27.5 Å². The lowest BCUT2D eigenvalue weighted by Gasteiger charge is -2.21. The lowest BCUT2D eigenvalue weighted by molar-refractivity contribution is 0.171. The van der Waals surface area contributed by atoms with E-state index in [9.17, 15) is 0 Å². The highest BCUT2D eigenvalue weighted by atomic mass is 79.9. The molecule has 3 nitrogen and oxygen atoms in total. The molecule has 1 aliphatic heterocycles. The third kappa shape index (κ3) is 2.97. The summed E-state index contributed by atoms with van der Waals surface area (Å²) in [4.78, 5) is 0. The van der Waals surface area contributed by atoms with E-state index in [2.05, 4.69) is 15.9 Å². The van der Waals surface area contributed by atoms with Crippen LogP contribution in [0.15, 0.2) is 40.9 Å². The molecule has 0 spiro atoms. The summed E-state index contributed by atoms with van der Waals surface area (Å²) in [5.74, 6) is 2.25. The molecule has 1 unspecified atom stereocenters. The fraction of sp³-hybridized carbons (Fsp3) is 0.250. The lowest BCUT2D eigenvalue weighted by Crippen LogP contribution is -2.15. The molecule has 110 valence electrons. The van der Waals surface area contributed by atoms with Crippen LogP contribution in [0.25, 0.3) is 0 Å². The van der Waals surface area contributed by atoms with E-state index in [0.29, 0.717) is 13.2 Å². The van der Waals surface area contributed by atoms with Crippen molar-refractivity contribution < 1.29 is 14.2 Å². The Bertz CT molecular complexity index is 660. The highest BCUT2D eigenvalue weighted by molar-refractivity contribution is 9.10. The van der Waals surface area contributed by atoms with E-state index >= 15 is 0 Å². The zero-order chi connectivity index (χ0) is 14.8. The predicted molar refractivity (Wildman–Crippen MR) is 85.8 cm³/mol. The Morgan fingerprint density at radius 1 is 1.10 bits per heavy atom. The van der Waals surface area contributed by atoms with E-state index in [4.69, 9.17) is 25.8 Å². The normalized spacial score (nSPS) is 14.6. The third-order valence-corrected chi connectivity index (χ3v) is 4.30. The predicted octanol–water partition coefficient (Wildman–Crippen LogP) is 4.56. The molecule has 21 heavy (non-hydrogen) atoms. The maximum atomic E-state index is 6.63. The molecule has 0 fully saturated rings. The Morgan fingerprint density at radius 2 is 1.86 bits per heavy atom.